The fourth-order valence-electron chi connectivity index (χ4n) is 6.11. The molecule has 1 atom stereocenters. The molecule has 43 heavy (non-hydrogen) atoms. The number of ether oxygens (including phenoxy) is 1. The van der Waals surface area contributed by atoms with Gasteiger partial charge in [-0.05, 0) is 54.1 Å². The van der Waals surface area contributed by atoms with Crippen molar-refractivity contribution in [2.24, 2.45) is 0 Å². The van der Waals surface area contributed by atoms with Gasteiger partial charge < -0.3 is 24.2 Å². The highest BCUT2D eigenvalue weighted by molar-refractivity contribution is 6.74. The third-order valence-electron chi connectivity index (χ3n) is 9.25. The Morgan fingerprint density at radius 2 is 1.86 bits per heavy atom. The van der Waals surface area contributed by atoms with Crippen LogP contribution < -0.4 is 10.3 Å². The number of H-pyrrole nitrogens is 1. The highest BCUT2D eigenvalue weighted by Gasteiger charge is 2.43. The maximum atomic E-state index is 14.5. The number of amides is 1. The molecule has 1 amide bonds. The van der Waals surface area contributed by atoms with Gasteiger partial charge in [-0.15, -0.1) is 0 Å². The summed E-state index contributed by atoms with van der Waals surface area (Å²) < 4.78 is 29.0. The van der Waals surface area contributed by atoms with Crippen LogP contribution in [-0.2, 0) is 29.4 Å². The summed E-state index contributed by atoms with van der Waals surface area (Å²) >= 11 is 0. The number of rotatable bonds is 5. The van der Waals surface area contributed by atoms with Gasteiger partial charge in [-0.25, -0.2) is 9.18 Å². The van der Waals surface area contributed by atoms with Crippen molar-refractivity contribution >= 4 is 14.4 Å². The van der Waals surface area contributed by atoms with E-state index in [0.29, 0.717) is 59.8 Å². The van der Waals surface area contributed by atoms with Crippen molar-refractivity contribution in [1.29, 1.82) is 0 Å². The third-order valence-corrected chi connectivity index (χ3v) is 13.7. The lowest BCUT2D eigenvalue weighted by Gasteiger charge is -2.39. The van der Waals surface area contributed by atoms with E-state index in [9.17, 15) is 19.1 Å². The maximum absolute atomic E-state index is 14.5. The van der Waals surface area contributed by atoms with E-state index in [0.717, 1.165) is 16.8 Å². The number of carboxylic acid groups (broad SMARTS) is 1. The molecule has 1 aromatic carbocycles. The predicted octanol–water partition coefficient (Wildman–Crippen LogP) is 6.85. The highest BCUT2D eigenvalue weighted by Crippen LogP contribution is 2.50. The number of nitrogens with zero attached hydrogens (tertiary/aromatic N) is 3. The molecule has 0 spiro atoms. The normalized spacial score (nSPS) is 17.2. The fraction of sp³-hybridized carbons (Fsp3) is 0.531. The number of benzene rings is 1. The number of aromatic nitrogens is 3. The summed E-state index contributed by atoms with van der Waals surface area (Å²) in [5, 5.41) is 14.7. The zero-order chi connectivity index (χ0) is 31.6. The lowest BCUT2D eigenvalue weighted by atomic mass is 9.82. The second-order valence-corrected chi connectivity index (χ2v) is 19.0. The predicted molar refractivity (Wildman–Crippen MR) is 167 cm³/mol. The van der Waals surface area contributed by atoms with E-state index in [-0.39, 0.29) is 23.2 Å². The van der Waals surface area contributed by atoms with Crippen molar-refractivity contribution in [2.45, 2.75) is 97.1 Å². The van der Waals surface area contributed by atoms with Crippen LogP contribution in [0.15, 0.2) is 23.0 Å². The standard InChI is InChI=1S/C32H43FN4O5Si/c1-31(2,3)26-21-17-36(30(39)40)14-15-37(21)35-28(26)27-25(19-11-10-18(33)16-23(19)41-7)24-20(29(38)34-27)12-13-22(24)42-43(8,9)32(4,5)6/h10-11,16,22H,12-15,17H2,1-9H3,(H,34,38)(H,39,40). The number of hydrogen-bond donors (Lipinski definition) is 2. The maximum Gasteiger partial charge on any atom is 0.407 e. The number of halogens is 1. The first-order valence-electron chi connectivity index (χ1n) is 14.8. The summed E-state index contributed by atoms with van der Waals surface area (Å²) in [5.41, 5.74) is 4.90. The van der Waals surface area contributed by atoms with Gasteiger partial charge in [0.25, 0.3) is 5.56 Å². The minimum absolute atomic E-state index is 0.0497. The van der Waals surface area contributed by atoms with Gasteiger partial charge in [0, 0.05) is 34.9 Å². The van der Waals surface area contributed by atoms with Crippen LogP contribution in [0.3, 0.4) is 0 Å². The number of methoxy groups -OCH3 is 1. The van der Waals surface area contributed by atoms with Crippen molar-refractivity contribution in [3.05, 3.63) is 56.8 Å². The van der Waals surface area contributed by atoms with Gasteiger partial charge in [-0.3, -0.25) is 9.48 Å². The average Bonchev–Trinajstić information content (AvgIpc) is 3.49. The van der Waals surface area contributed by atoms with Gasteiger partial charge in [0.2, 0.25) is 0 Å². The first kappa shape index (κ1) is 31.0. The van der Waals surface area contributed by atoms with Gasteiger partial charge in [0.1, 0.15) is 17.3 Å². The zero-order valence-corrected chi connectivity index (χ0v) is 27.6. The van der Waals surface area contributed by atoms with Crippen molar-refractivity contribution in [1.82, 2.24) is 19.7 Å². The topological polar surface area (TPSA) is 110 Å². The monoisotopic (exact) mass is 610 g/mol. The molecule has 0 saturated heterocycles. The molecular weight excluding hydrogens is 567 g/mol. The summed E-state index contributed by atoms with van der Waals surface area (Å²) in [5.74, 6) is -0.0919. The lowest BCUT2D eigenvalue weighted by Crippen LogP contribution is -2.41. The Kier molecular flexibility index (Phi) is 7.66. The van der Waals surface area contributed by atoms with Gasteiger partial charge >= 0.3 is 6.09 Å². The molecule has 3 aromatic rings. The van der Waals surface area contributed by atoms with Crippen LogP contribution >= 0.6 is 0 Å². The van der Waals surface area contributed by atoms with Crippen LogP contribution in [0.1, 0.15) is 76.5 Å². The molecule has 0 bridgehead atoms. The molecule has 9 nitrogen and oxygen atoms in total. The molecule has 5 rings (SSSR count). The summed E-state index contributed by atoms with van der Waals surface area (Å²) in [6.07, 6.45) is -0.105. The van der Waals surface area contributed by atoms with E-state index in [1.807, 2.05) is 4.68 Å². The molecule has 1 aliphatic heterocycles. The Hall–Kier alpha value is -3.44. The van der Waals surface area contributed by atoms with E-state index in [2.05, 4.69) is 59.6 Å². The molecule has 11 heteroatoms. The van der Waals surface area contributed by atoms with E-state index in [1.165, 1.54) is 24.1 Å². The second-order valence-electron chi connectivity index (χ2n) is 14.2. The van der Waals surface area contributed by atoms with Crippen LogP contribution in [0.2, 0.25) is 18.1 Å². The SMILES string of the molecule is COc1cc(F)ccc1-c1c(-c2nn3c(c2C(C)(C)C)CN(C(=O)O)CC3)[nH]c(=O)c2c1C(O[Si](C)(C)C(C)(C)C)CC2. The number of hydrogen-bond acceptors (Lipinski definition) is 5. The van der Waals surface area contributed by atoms with Crippen molar-refractivity contribution < 1.29 is 23.5 Å². The third kappa shape index (κ3) is 5.41. The van der Waals surface area contributed by atoms with Crippen molar-refractivity contribution in [2.75, 3.05) is 13.7 Å². The first-order chi connectivity index (χ1) is 19.9. The Labute approximate surface area is 253 Å². The van der Waals surface area contributed by atoms with E-state index in [1.54, 1.807) is 6.07 Å². The molecule has 2 N–H and O–H groups in total. The Morgan fingerprint density at radius 3 is 2.47 bits per heavy atom. The molecule has 2 aromatic heterocycles. The Morgan fingerprint density at radius 1 is 1.16 bits per heavy atom. The first-order valence-corrected chi connectivity index (χ1v) is 17.7. The van der Waals surface area contributed by atoms with Crippen LogP contribution in [0.5, 0.6) is 5.75 Å². The van der Waals surface area contributed by atoms with Gasteiger partial charge in [0.05, 0.1) is 37.7 Å². The quantitative estimate of drug-likeness (QED) is 0.306. The van der Waals surface area contributed by atoms with E-state index < -0.39 is 25.6 Å². The Balaban J connectivity index is 1.85. The lowest BCUT2D eigenvalue weighted by molar-refractivity contribution is 0.130. The smallest absolute Gasteiger partial charge is 0.407 e. The summed E-state index contributed by atoms with van der Waals surface area (Å²) in [7, 11) is -0.755. The summed E-state index contributed by atoms with van der Waals surface area (Å²) in [4.78, 5) is 30.3. The summed E-state index contributed by atoms with van der Waals surface area (Å²) in [6, 6.07) is 4.43. The molecule has 0 fully saturated rings. The second kappa shape index (κ2) is 10.6. The largest absolute Gasteiger partial charge is 0.496 e. The van der Waals surface area contributed by atoms with Crippen LogP contribution in [0, 0.1) is 5.82 Å². The minimum Gasteiger partial charge on any atom is -0.496 e. The number of carbonyl (C=O) groups is 1. The molecule has 3 heterocycles. The molecule has 1 unspecified atom stereocenters. The van der Waals surface area contributed by atoms with Crippen molar-refractivity contribution in [3.8, 4) is 28.3 Å². The molecular formula is C32H43FN4O5Si. The molecule has 0 radical (unpaired) electrons. The van der Waals surface area contributed by atoms with Gasteiger partial charge in [0.15, 0.2) is 8.32 Å². The van der Waals surface area contributed by atoms with Crippen molar-refractivity contribution in [3.63, 3.8) is 0 Å². The highest BCUT2D eigenvalue weighted by atomic mass is 28.4. The number of pyridine rings is 1. The molecule has 0 saturated carbocycles. The van der Waals surface area contributed by atoms with Gasteiger partial charge in [-0.2, -0.15) is 5.10 Å². The number of fused-ring (bicyclic) bond motifs is 2. The number of aromatic amines is 1. The molecule has 1 aliphatic carbocycles. The molecule has 232 valence electrons. The van der Waals surface area contributed by atoms with Crippen LogP contribution in [0.25, 0.3) is 22.5 Å². The average molecular weight is 611 g/mol. The molecule has 2 aliphatic rings. The van der Waals surface area contributed by atoms with Crippen LogP contribution in [-0.4, -0.2) is 52.8 Å². The zero-order valence-electron chi connectivity index (χ0n) is 26.6. The van der Waals surface area contributed by atoms with E-state index >= 15 is 0 Å². The van der Waals surface area contributed by atoms with Gasteiger partial charge in [-0.1, -0.05) is 41.5 Å². The summed E-state index contributed by atoms with van der Waals surface area (Å²) in [6.45, 7) is 18.0. The Bertz CT molecular complexity index is 1650. The minimum atomic E-state index is -2.26. The van der Waals surface area contributed by atoms with Crippen LogP contribution in [0.4, 0.5) is 9.18 Å². The fourth-order valence-corrected chi connectivity index (χ4v) is 7.41. The number of nitrogens with one attached hydrogen (secondary N) is 1. The van der Waals surface area contributed by atoms with E-state index in [4.69, 9.17) is 14.3 Å².